The number of hydrogen-bond donors (Lipinski definition) is 1. The van der Waals surface area contributed by atoms with Crippen molar-refractivity contribution in [2.45, 2.75) is 0 Å². The number of benzene rings is 2. The minimum atomic E-state index is 0.629. The molecule has 146 valence electrons. The van der Waals surface area contributed by atoms with E-state index < -0.39 is 0 Å². The molecule has 28 heavy (non-hydrogen) atoms. The van der Waals surface area contributed by atoms with E-state index in [0.29, 0.717) is 13.2 Å². The first-order valence-electron chi connectivity index (χ1n) is 9.50. The van der Waals surface area contributed by atoms with Crippen LogP contribution in [-0.2, 0) is 4.74 Å². The van der Waals surface area contributed by atoms with Crippen LogP contribution in [0.15, 0.2) is 48.5 Å². The van der Waals surface area contributed by atoms with E-state index in [1.165, 1.54) is 0 Å². The molecule has 0 bridgehead atoms. The number of methoxy groups -OCH3 is 1. The first-order chi connectivity index (χ1) is 13.8. The molecule has 1 aromatic heterocycles. The molecule has 1 fully saturated rings. The summed E-state index contributed by atoms with van der Waals surface area (Å²) in [6, 6.07) is 16.1. The second-order valence-electron chi connectivity index (χ2n) is 6.73. The van der Waals surface area contributed by atoms with Gasteiger partial charge >= 0.3 is 0 Å². The lowest BCUT2D eigenvalue weighted by molar-refractivity contribution is 0.210. The number of halogens is 1. The second kappa shape index (κ2) is 8.63. The number of nitrogens with one attached hydrogen (secondary N) is 1. The number of ether oxygens (including phenoxy) is 1. The lowest BCUT2D eigenvalue weighted by Crippen LogP contribution is -2.47. The Balaban J connectivity index is 1.54. The number of hydrogen-bond acceptors (Lipinski definition) is 6. The van der Waals surface area contributed by atoms with Crippen molar-refractivity contribution in [1.29, 1.82) is 0 Å². The fourth-order valence-electron chi connectivity index (χ4n) is 3.47. The zero-order valence-corrected chi connectivity index (χ0v) is 16.7. The Labute approximate surface area is 170 Å². The Morgan fingerprint density at radius 2 is 1.68 bits per heavy atom. The molecule has 2 aromatic carbocycles. The number of rotatable bonds is 6. The van der Waals surface area contributed by atoms with Crippen molar-refractivity contribution in [3.8, 4) is 0 Å². The minimum absolute atomic E-state index is 0.629. The van der Waals surface area contributed by atoms with Gasteiger partial charge in [0.1, 0.15) is 5.82 Å². The molecule has 2 heterocycles. The van der Waals surface area contributed by atoms with Crippen LogP contribution in [-0.4, -0.2) is 56.4 Å². The molecule has 0 saturated carbocycles. The van der Waals surface area contributed by atoms with Gasteiger partial charge in [0.15, 0.2) is 0 Å². The molecule has 0 aliphatic carbocycles. The Hall–Kier alpha value is -2.57. The molecule has 1 N–H and O–H groups in total. The molecule has 0 amide bonds. The maximum atomic E-state index is 6.36. The summed E-state index contributed by atoms with van der Waals surface area (Å²) >= 11 is 6.36. The van der Waals surface area contributed by atoms with Gasteiger partial charge in [0, 0.05) is 45.2 Å². The molecule has 1 aliphatic rings. The number of anilines is 3. The van der Waals surface area contributed by atoms with Crippen molar-refractivity contribution in [1.82, 2.24) is 9.97 Å². The van der Waals surface area contributed by atoms with E-state index in [0.717, 1.165) is 59.6 Å². The molecule has 1 saturated heterocycles. The minimum Gasteiger partial charge on any atom is -0.383 e. The van der Waals surface area contributed by atoms with Crippen LogP contribution >= 0.6 is 11.6 Å². The van der Waals surface area contributed by atoms with Gasteiger partial charge in [0.05, 0.1) is 22.8 Å². The monoisotopic (exact) mass is 397 g/mol. The van der Waals surface area contributed by atoms with Crippen LogP contribution in [0, 0.1) is 0 Å². The van der Waals surface area contributed by atoms with Crippen LogP contribution in [0.2, 0.25) is 5.02 Å². The fraction of sp³-hybridized carbons (Fsp3) is 0.333. The summed E-state index contributed by atoms with van der Waals surface area (Å²) in [4.78, 5) is 14.2. The zero-order valence-electron chi connectivity index (χ0n) is 15.9. The summed E-state index contributed by atoms with van der Waals surface area (Å²) in [5.74, 6) is 1.61. The zero-order chi connectivity index (χ0) is 19.3. The lowest BCUT2D eigenvalue weighted by atomic mass is 10.2. The van der Waals surface area contributed by atoms with Crippen LogP contribution in [0.25, 0.3) is 10.9 Å². The third-order valence-electron chi connectivity index (χ3n) is 4.95. The van der Waals surface area contributed by atoms with E-state index in [9.17, 15) is 0 Å². The van der Waals surface area contributed by atoms with Gasteiger partial charge in [0.2, 0.25) is 5.95 Å². The van der Waals surface area contributed by atoms with Gasteiger partial charge in [0.25, 0.3) is 0 Å². The molecule has 4 rings (SSSR count). The molecular formula is C21H24ClN5O. The van der Waals surface area contributed by atoms with Crippen molar-refractivity contribution >= 4 is 40.0 Å². The smallest absolute Gasteiger partial charge is 0.228 e. The molecule has 0 unspecified atom stereocenters. The maximum Gasteiger partial charge on any atom is 0.228 e. The summed E-state index contributed by atoms with van der Waals surface area (Å²) in [6.07, 6.45) is 0. The predicted molar refractivity (Wildman–Crippen MR) is 116 cm³/mol. The highest BCUT2D eigenvalue weighted by atomic mass is 35.5. The van der Waals surface area contributed by atoms with Crippen molar-refractivity contribution in [2.24, 2.45) is 0 Å². The molecule has 1 aliphatic heterocycles. The third-order valence-corrected chi connectivity index (χ3v) is 5.27. The van der Waals surface area contributed by atoms with E-state index in [2.05, 4.69) is 21.2 Å². The highest BCUT2D eigenvalue weighted by molar-refractivity contribution is 6.33. The lowest BCUT2D eigenvalue weighted by Gasteiger charge is -2.36. The highest BCUT2D eigenvalue weighted by Gasteiger charge is 2.21. The quantitative estimate of drug-likeness (QED) is 0.640. The van der Waals surface area contributed by atoms with E-state index in [4.69, 9.17) is 26.3 Å². The molecular weight excluding hydrogens is 374 g/mol. The van der Waals surface area contributed by atoms with Crippen LogP contribution in [0.5, 0.6) is 0 Å². The van der Waals surface area contributed by atoms with Crippen LogP contribution in [0.1, 0.15) is 0 Å². The topological polar surface area (TPSA) is 53.5 Å². The Morgan fingerprint density at radius 3 is 2.46 bits per heavy atom. The molecule has 0 atom stereocenters. The van der Waals surface area contributed by atoms with Crippen molar-refractivity contribution in [3.63, 3.8) is 0 Å². The van der Waals surface area contributed by atoms with Crippen molar-refractivity contribution < 1.29 is 4.74 Å². The largest absolute Gasteiger partial charge is 0.383 e. The number of para-hydroxylation sites is 2. The summed E-state index contributed by atoms with van der Waals surface area (Å²) < 4.78 is 5.15. The van der Waals surface area contributed by atoms with E-state index in [-0.39, 0.29) is 0 Å². The molecule has 6 nitrogen and oxygen atoms in total. The van der Waals surface area contributed by atoms with Gasteiger partial charge in [-0.1, -0.05) is 35.9 Å². The van der Waals surface area contributed by atoms with E-state index >= 15 is 0 Å². The third kappa shape index (κ3) is 3.98. The van der Waals surface area contributed by atoms with Crippen LogP contribution in [0.3, 0.4) is 0 Å². The van der Waals surface area contributed by atoms with Crippen molar-refractivity contribution in [2.75, 3.05) is 61.6 Å². The average Bonchev–Trinajstić information content (AvgIpc) is 2.74. The van der Waals surface area contributed by atoms with Crippen LogP contribution < -0.4 is 15.1 Å². The first kappa shape index (κ1) is 18.8. The highest BCUT2D eigenvalue weighted by Crippen LogP contribution is 2.28. The number of piperazine rings is 1. The van der Waals surface area contributed by atoms with Gasteiger partial charge in [-0.15, -0.1) is 0 Å². The summed E-state index contributed by atoms with van der Waals surface area (Å²) in [6.45, 7) is 4.79. The molecule has 3 aromatic rings. The maximum absolute atomic E-state index is 6.36. The van der Waals surface area contributed by atoms with Gasteiger partial charge < -0.3 is 19.9 Å². The Morgan fingerprint density at radius 1 is 0.964 bits per heavy atom. The molecule has 7 heteroatoms. The van der Waals surface area contributed by atoms with Gasteiger partial charge in [-0.05, 0) is 24.3 Å². The fourth-order valence-corrected chi connectivity index (χ4v) is 3.72. The second-order valence-corrected chi connectivity index (χ2v) is 7.14. The van der Waals surface area contributed by atoms with Gasteiger partial charge in [-0.25, -0.2) is 4.98 Å². The van der Waals surface area contributed by atoms with Gasteiger partial charge in [-0.2, -0.15) is 4.98 Å². The predicted octanol–water partition coefficient (Wildman–Crippen LogP) is 3.67. The SMILES string of the molecule is COCCNc1nc(N2CCN(c3ccccc3Cl)CC2)nc2ccccc12. The van der Waals surface area contributed by atoms with Crippen molar-refractivity contribution in [3.05, 3.63) is 53.6 Å². The standard InChI is InChI=1S/C21H24ClN5O/c1-28-15-10-23-20-16-6-2-4-8-18(16)24-21(25-20)27-13-11-26(12-14-27)19-9-5-3-7-17(19)22/h2-9H,10-15H2,1H3,(H,23,24,25). The average molecular weight is 398 g/mol. The summed E-state index contributed by atoms with van der Waals surface area (Å²) in [5.41, 5.74) is 2.03. The number of aromatic nitrogens is 2. The first-order valence-corrected chi connectivity index (χ1v) is 9.88. The van der Waals surface area contributed by atoms with Gasteiger partial charge in [-0.3, -0.25) is 0 Å². The van der Waals surface area contributed by atoms with E-state index in [1.54, 1.807) is 7.11 Å². The molecule has 0 spiro atoms. The summed E-state index contributed by atoms with van der Waals surface area (Å²) in [7, 11) is 1.70. The Kier molecular flexibility index (Phi) is 5.78. The van der Waals surface area contributed by atoms with E-state index in [1.807, 2.05) is 42.5 Å². The summed E-state index contributed by atoms with van der Waals surface area (Å²) in [5, 5.41) is 5.20. The number of nitrogens with zero attached hydrogens (tertiary/aromatic N) is 4. The molecule has 0 radical (unpaired) electrons. The normalized spacial score (nSPS) is 14.5. The number of fused-ring (bicyclic) bond motifs is 1. The Bertz CT molecular complexity index is 943. The van der Waals surface area contributed by atoms with Crippen LogP contribution in [0.4, 0.5) is 17.5 Å².